The third-order valence-electron chi connectivity index (χ3n) is 4.66. The summed E-state index contributed by atoms with van der Waals surface area (Å²) in [5, 5.41) is 2.84. The maximum atomic E-state index is 13.1. The minimum Gasteiger partial charge on any atom is -0.484 e. The molecule has 0 radical (unpaired) electrons. The molecule has 1 unspecified atom stereocenters. The molecule has 0 bridgehead atoms. The maximum Gasteiger partial charge on any atom is 0.261 e. The van der Waals surface area contributed by atoms with Crippen molar-refractivity contribution in [1.29, 1.82) is 0 Å². The highest BCUT2D eigenvalue weighted by molar-refractivity contribution is 9.10. The number of aryl methyl sites for hydroxylation is 2. The van der Waals surface area contributed by atoms with Gasteiger partial charge in [-0.25, -0.2) is 0 Å². The fourth-order valence-corrected chi connectivity index (χ4v) is 3.40. The third-order valence-corrected chi connectivity index (χ3v) is 5.55. The lowest BCUT2D eigenvalue weighted by atomic mass is 10.1. The van der Waals surface area contributed by atoms with E-state index < -0.39 is 6.04 Å². The Labute approximate surface area is 181 Å². The van der Waals surface area contributed by atoms with Gasteiger partial charge in [0.05, 0.1) is 0 Å². The number of carbonyl (C=O) groups excluding carboxylic acids is 2. The van der Waals surface area contributed by atoms with Crippen LogP contribution in [0.5, 0.6) is 5.75 Å². The van der Waals surface area contributed by atoms with E-state index in [0.29, 0.717) is 25.3 Å². The molecule has 29 heavy (non-hydrogen) atoms. The molecule has 0 fully saturated rings. The van der Waals surface area contributed by atoms with E-state index in [0.717, 1.165) is 21.2 Å². The number of rotatable bonds is 9. The second kappa shape index (κ2) is 11.0. The molecule has 2 rings (SSSR count). The molecule has 2 amide bonds. The fourth-order valence-electron chi connectivity index (χ4n) is 3.15. The molecule has 0 saturated heterocycles. The first-order valence-electron chi connectivity index (χ1n) is 9.87. The summed E-state index contributed by atoms with van der Waals surface area (Å²) in [6, 6.07) is 13.0. The number of hydrogen-bond acceptors (Lipinski definition) is 3. The van der Waals surface area contributed by atoms with Crippen molar-refractivity contribution in [3.8, 4) is 5.75 Å². The monoisotopic (exact) mass is 460 g/mol. The highest BCUT2D eigenvalue weighted by Crippen LogP contribution is 2.22. The zero-order chi connectivity index (χ0) is 21.4. The van der Waals surface area contributed by atoms with E-state index in [2.05, 4.69) is 21.2 Å². The SMILES string of the molecule is CCNC(=O)C(CC)N(Cc1cccc(C)c1)C(=O)COc1ccc(Br)c(C)c1. The first kappa shape index (κ1) is 22.9. The van der Waals surface area contributed by atoms with Crippen LogP contribution >= 0.6 is 15.9 Å². The minimum atomic E-state index is -0.543. The van der Waals surface area contributed by atoms with Gasteiger partial charge in [-0.2, -0.15) is 0 Å². The lowest BCUT2D eigenvalue weighted by Gasteiger charge is -2.30. The van der Waals surface area contributed by atoms with Crippen molar-refractivity contribution in [2.24, 2.45) is 0 Å². The molecule has 0 aromatic heterocycles. The second-order valence-electron chi connectivity index (χ2n) is 7.03. The van der Waals surface area contributed by atoms with Crippen LogP contribution in [0.3, 0.4) is 0 Å². The Morgan fingerprint density at radius 2 is 1.90 bits per heavy atom. The van der Waals surface area contributed by atoms with Crippen molar-refractivity contribution in [3.63, 3.8) is 0 Å². The van der Waals surface area contributed by atoms with Crippen molar-refractivity contribution < 1.29 is 14.3 Å². The van der Waals surface area contributed by atoms with Crippen molar-refractivity contribution in [3.05, 3.63) is 63.6 Å². The Kier molecular flexibility index (Phi) is 8.70. The van der Waals surface area contributed by atoms with E-state index in [1.54, 1.807) is 4.90 Å². The minimum absolute atomic E-state index is 0.122. The predicted molar refractivity (Wildman–Crippen MR) is 119 cm³/mol. The van der Waals surface area contributed by atoms with Crippen LogP contribution in [-0.2, 0) is 16.1 Å². The van der Waals surface area contributed by atoms with Gasteiger partial charge in [0.2, 0.25) is 5.91 Å². The van der Waals surface area contributed by atoms with Crippen LogP contribution in [0, 0.1) is 13.8 Å². The molecule has 0 aliphatic carbocycles. The Morgan fingerprint density at radius 3 is 2.52 bits per heavy atom. The smallest absolute Gasteiger partial charge is 0.261 e. The van der Waals surface area contributed by atoms with Gasteiger partial charge in [-0.15, -0.1) is 0 Å². The summed E-state index contributed by atoms with van der Waals surface area (Å²) >= 11 is 3.46. The van der Waals surface area contributed by atoms with Gasteiger partial charge in [-0.3, -0.25) is 9.59 Å². The number of nitrogens with zero attached hydrogens (tertiary/aromatic N) is 1. The van der Waals surface area contributed by atoms with Gasteiger partial charge < -0.3 is 15.0 Å². The number of nitrogens with one attached hydrogen (secondary N) is 1. The molecule has 1 atom stereocenters. The summed E-state index contributed by atoms with van der Waals surface area (Å²) in [5.41, 5.74) is 3.13. The number of halogens is 1. The number of hydrogen-bond donors (Lipinski definition) is 1. The Hall–Kier alpha value is -2.34. The molecule has 1 N–H and O–H groups in total. The van der Waals surface area contributed by atoms with Gasteiger partial charge >= 0.3 is 0 Å². The number of carbonyl (C=O) groups is 2. The van der Waals surface area contributed by atoms with Crippen LogP contribution in [0.4, 0.5) is 0 Å². The van der Waals surface area contributed by atoms with E-state index in [4.69, 9.17) is 4.74 Å². The van der Waals surface area contributed by atoms with Crippen LogP contribution in [-0.4, -0.2) is 35.9 Å². The number of benzene rings is 2. The zero-order valence-electron chi connectivity index (χ0n) is 17.5. The van der Waals surface area contributed by atoms with E-state index in [1.165, 1.54) is 0 Å². The number of likely N-dealkylation sites (N-methyl/N-ethyl adjacent to an activating group) is 1. The Bertz CT molecular complexity index is 854. The van der Waals surface area contributed by atoms with E-state index in [9.17, 15) is 9.59 Å². The van der Waals surface area contributed by atoms with Crippen LogP contribution in [0.25, 0.3) is 0 Å². The highest BCUT2D eigenvalue weighted by Gasteiger charge is 2.28. The van der Waals surface area contributed by atoms with Gasteiger partial charge in [0, 0.05) is 17.6 Å². The van der Waals surface area contributed by atoms with Crippen LogP contribution < -0.4 is 10.1 Å². The number of amides is 2. The van der Waals surface area contributed by atoms with E-state index >= 15 is 0 Å². The molecular formula is C23H29BrN2O3. The quantitative estimate of drug-likeness (QED) is 0.603. The zero-order valence-corrected chi connectivity index (χ0v) is 19.1. The molecule has 0 heterocycles. The van der Waals surface area contributed by atoms with Crippen molar-refractivity contribution in [2.75, 3.05) is 13.2 Å². The molecular weight excluding hydrogens is 432 g/mol. The highest BCUT2D eigenvalue weighted by atomic mass is 79.9. The molecule has 0 spiro atoms. The maximum absolute atomic E-state index is 13.1. The van der Waals surface area contributed by atoms with E-state index in [1.807, 2.05) is 70.2 Å². The molecule has 156 valence electrons. The lowest BCUT2D eigenvalue weighted by Crippen LogP contribution is -2.50. The first-order valence-corrected chi connectivity index (χ1v) is 10.7. The number of ether oxygens (including phenoxy) is 1. The van der Waals surface area contributed by atoms with Crippen molar-refractivity contribution >= 4 is 27.7 Å². The average molecular weight is 461 g/mol. The molecule has 0 aliphatic rings. The molecule has 2 aromatic rings. The summed E-state index contributed by atoms with van der Waals surface area (Å²) in [6.07, 6.45) is 0.529. The van der Waals surface area contributed by atoms with Gasteiger partial charge in [0.25, 0.3) is 5.91 Å². The topological polar surface area (TPSA) is 58.6 Å². The summed E-state index contributed by atoms with van der Waals surface area (Å²) in [4.78, 5) is 27.3. The summed E-state index contributed by atoms with van der Waals surface area (Å²) in [7, 11) is 0. The largest absolute Gasteiger partial charge is 0.484 e. The molecule has 0 aliphatic heterocycles. The fraction of sp³-hybridized carbons (Fsp3) is 0.391. The molecule has 6 heteroatoms. The van der Waals surface area contributed by atoms with E-state index in [-0.39, 0.29) is 18.4 Å². The van der Waals surface area contributed by atoms with Crippen LogP contribution in [0.1, 0.15) is 37.0 Å². The standard InChI is InChI=1S/C23H29BrN2O3/c1-5-21(23(28)25-6-2)26(14-18-9-7-8-16(3)12-18)22(27)15-29-19-10-11-20(24)17(4)13-19/h7-13,21H,5-6,14-15H2,1-4H3,(H,25,28). The molecule has 2 aromatic carbocycles. The third kappa shape index (κ3) is 6.60. The van der Waals surface area contributed by atoms with Crippen molar-refractivity contribution in [1.82, 2.24) is 10.2 Å². The first-order chi connectivity index (χ1) is 13.8. The van der Waals surface area contributed by atoms with Crippen LogP contribution in [0.2, 0.25) is 0 Å². The summed E-state index contributed by atoms with van der Waals surface area (Å²) < 4.78 is 6.72. The average Bonchev–Trinajstić information content (AvgIpc) is 2.68. The molecule has 0 saturated carbocycles. The molecule has 5 nitrogen and oxygen atoms in total. The van der Waals surface area contributed by atoms with Gasteiger partial charge in [-0.05, 0) is 56.5 Å². The van der Waals surface area contributed by atoms with Gasteiger partial charge in [0.1, 0.15) is 11.8 Å². The Morgan fingerprint density at radius 1 is 1.14 bits per heavy atom. The predicted octanol–water partition coefficient (Wildman–Crippen LogP) is 4.39. The second-order valence-corrected chi connectivity index (χ2v) is 7.88. The van der Waals surface area contributed by atoms with Crippen LogP contribution in [0.15, 0.2) is 46.9 Å². The van der Waals surface area contributed by atoms with Crippen molar-refractivity contribution in [2.45, 2.75) is 46.7 Å². The normalized spacial score (nSPS) is 11.6. The van der Waals surface area contributed by atoms with Gasteiger partial charge in [0.15, 0.2) is 6.61 Å². The summed E-state index contributed by atoms with van der Waals surface area (Å²) in [6.45, 7) is 8.52. The lowest BCUT2D eigenvalue weighted by molar-refractivity contribution is -0.142. The summed E-state index contributed by atoms with van der Waals surface area (Å²) in [5.74, 6) is 0.265. The Balaban J connectivity index is 2.20. The van der Waals surface area contributed by atoms with Gasteiger partial charge in [-0.1, -0.05) is 52.7 Å².